The summed E-state index contributed by atoms with van der Waals surface area (Å²) in [6.07, 6.45) is 8.80. The van der Waals surface area contributed by atoms with Crippen LogP contribution in [0, 0.1) is 0 Å². The normalized spacial score (nSPS) is 21.8. The molecule has 4 aliphatic heterocycles. The lowest BCUT2D eigenvalue weighted by Crippen LogP contribution is -2.54. The highest BCUT2D eigenvalue weighted by molar-refractivity contribution is 6.33. The molecule has 9 rings (SSSR count). The number of hydrogen-bond acceptors (Lipinski definition) is 13. The molecule has 6 heterocycles. The van der Waals surface area contributed by atoms with Gasteiger partial charge in [0.1, 0.15) is 11.1 Å². The van der Waals surface area contributed by atoms with Crippen molar-refractivity contribution in [3.63, 3.8) is 0 Å². The Morgan fingerprint density at radius 2 is 1.72 bits per heavy atom. The number of nitrogens with zero attached hydrogens (tertiary/aromatic N) is 6. The lowest BCUT2D eigenvalue weighted by atomic mass is 9.86. The number of hydrogen-bond donors (Lipinski definition) is 3. The molecule has 5 amide bonds. The minimum atomic E-state index is -0.984. The molecule has 3 N–H and O–H groups in total. The molecule has 18 heteroatoms. The number of nitrogens with one attached hydrogen (secondary N) is 3. The van der Waals surface area contributed by atoms with Gasteiger partial charge in [-0.3, -0.25) is 43.9 Å². The zero-order chi connectivity index (χ0) is 44.8. The zero-order valence-electron chi connectivity index (χ0n) is 35.9. The summed E-state index contributed by atoms with van der Waals surface area (Å²) >= 11 is 6.59. The molecule has 0 spiro atoms. The molecule has 5 aliphatic rings. The van der Waals surface area contributed by atoms with E-state index in [1.807, 2.05) is 38.1 Å². The second kappa shape index (κ2) is 17.8. The van der Waals surface area contributed by atoms with E-state index in [0.29, 0.717) is 34.1 Å². The van der Waals surface area contributed by atoms with Crippen LogP contribution in [0.4, 0.5) is 17.5 Å². The summed E-state index contributed by atoms with van der Waals surface area (Å²) in [5.41, 5.74) is 3.72. The molecule has 64 heavy (non-hydrogen) atoms. The van der Waals surface area contributed by atoms with Crippen LogP contribution in [0.25, 0.3) is 16.5 Å². The fourth-order valence-electron chi connectivity index (χ4n) is 9.33. The molecule has 1 saturated carbocycles. The van der Waals surface area contributed by atoms with Crippen molar-refractivity contribution in [3.8, 4) is 5.75 Å². The molecule has 3 fully saturated rings. The summed E-state index contributed by atoms with van der Waals surface area (Å²) in [4.78, 5) is 90.7. The first-order valence-corrected chi connectivity index (χ1v) is 22.2. The number of pyridine rings is 1. The standard InChI is InChI=1S/C46H50ClN9O8/c1-25(2)55-36-7-5-29(18-28(36)20-38(45(55)62)63-24-40(58)48-3)50-41-35(47)23-49-46(52-41)54-16-12-31(13-17-54)64-32-21-30(22-32)53-14-10-26(11-15-53)27-4-6-33-34(19-27)44(61)56(43(33)60)37-8-9-39(57)51-42(37)59/h4-7,10,18-20,23,25,30-32,37H,8-9,11-17,21-22,24H2,1-3H3,(H,48,58)(H,49,50,52)(H,51,57,59). The average molecular weight is 892 g/mol. The second-order valence-corrected chi connectivity index (χ2v) is 17.7. The third kappa shape index (κ3) is 8.46. The van der Waals surface area contributed by atoms with Crippen LogP contribution < -0.4 is 31.1 Å². The molecule has 0 bridgehead atoms. The Morgan fingerprint density at radius 3 is 2.44 bits per heavy atom. The average Bonchev–Trinajstić information content (AvgIpc) is 3.52. The summed E-state index contributed by atoms with van der Waals surface area (Å²) < 4.78 is 13.8. The van der Waals surface area contributed by atoms with E-state index < -0.39 is 29.7 Å². The van der Waals surface area contributed by atoms with Gasteiger partial charge in [-0.25, -0.2) is 4.98 Å². The summed E-state index contributed by atoms with van der Waals surface area (Å²) in [6.45, 7) is 6.70. The van der Waals surface area contributed by atoms with Gasteiger partial charge >= 0.3 is 0 Å². The molecule has 334 valence electrons. The van der Waals surface area contributed by atoms with Crippen molar-refractivity contribution in [2.45, 2.75) is 89.1 Å². The van der Waals surface area contributed by atoms with Gasteiger partial charge in [-0.15, -0.1) is 0 Å². The van der Waals surface area contributed by atoms with Crippen molar-refractivity contribution >= 4 is 75.1 Å². The summed E-state index contributed by atoms with van der Waals surface area (Å²) in [6, 6.07) is 11.9. The SMILES string of the molecule is CNC(=O)COc1cc2cc(Nc3nc(N4CCC(OC5CC(N6CC=C(c7ccc8c(c7)C(=O)N(C7CCC(=O)NC7=O)C8=O)CC6)C5)CC4)ncc3Cl)ccc2n(C(C)C)c1=O. The van der Waals surface area contributed by atoms with E-state index >= 15 is 0 Å². The number of likely N-dealkylation sites (N-methyl/N-ethyl adjacent to an activating group) is 1. The molecular formula is C46H50ClN9O8. The van der Waals surface area contributed by atoms with Crippen molar-refractivity contribution in [1.29, 1.82) is 0 Å². The van der Waals surface area contributed by atoms with E-state index in [2.05, 4.69) is 36.8 Å². The molecule has 2 saturated heterocycles. The van der Waals surface area contributed by atoms with Crippen molar-refractivity contribution in [2.75, 3.05) is 50.1 Å². The molecule has 1 aliphatic carbocycles. The van der Waals surface area contributed by atoms with Crippen LogP contribution in [-0.4, -0.2) is 118 Å². The summed E-state index contributed by atoms with van der Waals surface area (Å²) in [5.74, 6) is -1.24. The highest BCUT2D eigenvalue weighted by Crippen LogP contribution is 2.36. The van der Waals surface area contributed by atoms with Crippen molar-refractivity contribution < 1.29 is 33.4 Å². The van der Waals surface area contributed by atoms with Gasteiger partial charge < -0.3 is 29.6 Å². The largest absolute Gasteiger partial charge is 0.478 e. The number of piperidine rings is 2. The highest BCUT2D eigenvalue weighted by Gasteiger charge is 2.45. The number of aromatic nitrogens is 3. The third-order valence-electron chi connectivity index (χ3n) is 12.9. The number of carbonyl (C=O) groups excluding carboxylic acids is 5. The third-order valence-corrected chi connectivity index (χ3v) is 13.2. The first-order chi connectivity index (χ1) is 30.8. The van der Waals surface area contributed by atoms with Gasteiger partial charge in [0.15, 0.2) is 18.2 Å². The number of halogens is 1. The van der Waals surface area contributed by atoms with Gasteiger partial charge in [0, 0.05) is 62.8 Å². The lowest BCUT2D eigenvalue weighted by molar-refractivity contribution is -0.136. The molecule has 0 radical (unpaired) electrons. The number of benzene rings is 2. The van der Waals surface area contributed by atoms with Crippen LogP contribution in [0.2, 0.25) is 5.02 Å². The first-order valence-electron chi connectivity index (χ1n) is 21.9. The Bertz CT molecular complexity index is 2650. The maximum absolute atomic E-state index is 13.4. The maximum Gasteiger partial charge on any atom is 0.293 e. The van der Waals surface area contributed by atoms with Crippen molar-refractivity contribution in [3.05, 3.63) is 86.8 Å². The van der Waals surface area contributed by atoms with Gasteiger partial charge in [0.25, 0.3) is 23.3 Å². The van der Waals surface area contributed by atoms with E-state index in [1.54, 1.807) is 29.0 Å². The Hall–Kier alpha value is -6.17. The van der Waals surface area contributed by atoms with Crippen LogP contribution in [-0.2, 0) is 19.1 Å². The molecule has 2 aromatic carbocycles. The molecule has 17 nitrogen and oxygen atoms in total. The van der Waals surface area contributed by atoms with Crippen LogP contribution in [0.3, 0.4) is 0 Å². The predicted octanol–water partition coefficient (Wildman–Crippen LogP) is 4.60. The molecule has 4 aromatic rings. The van der Waals surface area contributed by atoms with E-state index in [4.69, 9.17) is 26.1 Å². The van der Waals surface area contributed by atoms with Gasteiger partial charge in [-0.1, -0.05) is 23.7 Å². The zero-order valence-corrected chi connectivity index (χ0v) is 36.7. The van der Waals surface area contributed by atoms with Crippen LogP contribution >= 0.6 is 11.6 Å². The number of amides is 5. The van der Waals surface area contributed by atoms with Crippen LogP contribution in [0.1, 0.15) is 91.1 Å². The fraction of sp³-hybridized carbons (Fsp3) is 0.435. The van der Waals surface area contributed by atoms with E-state index in [9.17, 15) is 28.8 Å². The minimum Gasteiger partial charge on any atom is -0.478 e. The van der Waals surface area contributed by atoms with Gasteiger partial charge in [-0.2, -0.15) is 4.98 Å². The number of ether oxygens (including phenoxy) is 2. The number of rotatable bonds is 12. The molecular weight excluding hydrogens is 842 g/mol. The van der Waals surface area contributed by atoms with Crippen LogP contribution in [0.15, 0.2) is 59.5 Å². The molecule has 2 aromatic heterocycles. The molecule has 1 unspecified atom stereocenters. The highest BCUT2D eigenvalue weighted by atomic mass is 35.5. The second-order valence-electron chi connectivity index (χ2n) is 17.3. The van der Waals surface area contributed by atoms with Gasteiger partial charge in [0.2, 0.25) is 17.8 Å². The number of carbonyl (C=O) groups is 5. The predicted molar refractivity (Wildman–Crippen MR) is 239 cm³/mol. The smallest absolute Gasteiger partial charge is 0.293 e. The number of imide groups is 2. The number of anilines is 3. The molecule has 1 atom stereocenters. The van der Waals surface area contributed by atoms with Crippen LogP contribution in [0.5, 0.6) is 5.75 Å². The van der Waals surface area contributed by atoms with E-state index in [-0.39, 0.29) is 60.5 Å². The Kier molecular flexibility index (Phi) is 12.0. The van der Waals surface area contributed by atoms with Gasteiger partial charge in [0.05, 0.1) is 35.0 Å². The Balaban J connectivity index is 0.759. The first kappa shape index (κ1) is 43.1. The minimum absolute atomic E-state index is 0.0828. The fourth-order valence-corrected chi connectivity index (χ4v) is 9.46. The Morgan fingerprint density at radius 1 is 0.938 bits per heavy atom. The van der Waals surface area contributed by atoms with E-state index in [1.165, 1.54) is 7.05 Å². The topological polar surface area (TPSA) is 197 Å². The number of fused-ring (bicyclic) bond motifs is 2. The Labute approximate surface area is 374 Å². The van der Waals surface area contributed by atoms with Crippen molar-refractivity contribution in [2.24, 2.45) is 0 Å². The van der Waals surface area contributed by atoms with E-state index in [0.717, 1.165) is 85.2 Å². The lowest BCUT2D eigenvalue weighted by Gasteiger charge is -2.45. The monoisotopic (exact) mass is 891 g/mol. The summed E-state index contributed by atoms with van der Waals surface area (Å²) in [7, 11) is 1.51. The quantitative estimate of drug-likeness (QED) is 0.167. The maximum atomic E-state index is 13.4. The van der Waals surface area contributed by atoms with Crippen molar-refractivity contribution in [1.82, 2.24) is 35.0 Å². The summed E-state index contributed by atoms with van der Waals surface area (Å²) in [5, 5.41) is 9.17. The van der Waals surface area contributed by atoms with Gasteiger partial charge in [-0.05, 0) is 99.9 Å².